The van der Waals surface area contributed by atoms with E-state index in [2.05, 4.69) is 0 Å². The Kier molecular flexibility index (Phi) is 5.53. The summed E-state index contributed by atoms with van der Waals surface area (Å²) in [5.74, 6) is -0.743. The van der Waals surface area contributed by atoms with Crippen molar-refractivity contribution in [1.82, 2.24) is 4.57 Å². The smallest absolute Gasteiger partial charge is 0.350 e. The molecule has 0 saturated heterocycles. The summed E-state index contributed by atoms with van der Waals surface area (Å²) in [6.07, 6.45) is 3.72. The summed E-state index contributed by atoms with van der Waals surface area (Å²) < 4.78 is 7.15. The van der Waals surface area contributed by atoms with Crippen LogP contribution in [-0.2, 0) is 9.53 Å². The Morgan fingerprint density at radius 3 is 2.42 bits per heavy atom. The van der Waals surface area contributed by atoms with E-state index in [1.807, 2.05) is 84.7 Å². The molecule has 134 valence electrons. The SMILES string of the molecule is CC(C)N(C(=O)COC(=O)c1sccc1-n1cccc1)c1ccccc1. The van der Waals surface area contributed by atoms with Crippen molar-refractivity contribution in [2.75, 3.05) is 11.5 Å². The van der Waals surface area contributed by atoms with Gasteiger partial charge in [-0.2, -0.15) is 0 Å². The normalized spacial score (nSPS) is 10.7. The molecule has 0 N–H and O–H groups in total. The standard InChI is InChI=1S/C20H20N2O3S/c1-15(2)22(16-8-4-3-5-9-16)18(23)14-25-20(24)19-17(10-13-26-19)21-11-6-7-12-21/h3-13,15H,14H2,1-2H3. The van der Waals surface area contributed by atoms with Crippen LogP contribution in [0.3, 0.4) is 0 Å². The molecule has 1 aromatic carbocycles. The summed E-state index contributed by atoms with van der Waals surface area (Å²) in [6.45, 7) is 3.56. The Morgan fingerprint density at radius 2 is 1.77 bits per heavy atom. The summed E-state index contributed by atoms with van der Waals surface area (Å²) >= 11 is 1.30. The Morgan fingerprint density at radius 1 is 1.08 bits per heavy atom. The van der Waals surface area contributed by atoms with Gasteiger partial charge in [0.05, 0.1) is 5.69 Å². The fraction of sp³-hybridized carbons (Fsp3) is 0.200. The molecule has 2 heterocycles. The highest BCUT2D eigenvalue weighted by Gasteiger charge is 2.22. The third kappa shape index (κ3) is 3.86. The summed E-state index contributed by atoms with van der Waals surface area (Å²) in [4.78, 5) is 27.2. The van der Waals surface area contributed by atoms with Gasteiger partial charge in [-0.25, -0.2) is 4.79 Å². The number of hydrogen-bond acceptors (Lipinski definition) is 4. The minimum atomic E-state index is -0.492. The number of hydrogen-bond donors (Lipinski definition) is 0. The Balaban J connectivity index is 1.70. The van der Waals surface area contributed by atoms with E-state index in [0.717, 1.165) is 11.4 Å². The molecular formula is C20H20N2O3S. The average molecular weight is 368 g/mol. The molecule has 26 heavy (non-hydrogen) atoms. The molecule has 0 unspecified atom stereocenters. The molecule has 0 fully saturated rings. The van der Waals surface area contributed by atoms with Gasteiger partial charge in [0, 0.05) is 24.1 Å². The maximum atomic E-state index is 12.6. The predicted octanol–water partition coefficient (Wildman–Crippen LogP) is 4.14. The second-order valence-corrected chi connectivity index (χ2v) is 6.91. The maximum absolute atomic E-state index is 12.6. The molecule has 0 aliphatic rings. The molecule has 0 atom stereocenters. The van der Waals surface area contributed by atoms with Gasteiger partial charge >= 0.3 is 5.97 Å². The number of benzene rings is 1. The van der Waals surface area contributed by atoms with Crippen molar-refractivity contribution in [2.24, 2.45) is 0 Å². The quantitative estimate of drug-likeness (QED) is 0.615. The number of carbonyl (C=O) groups is 2. The van der Waals surface area contributed by atoms with Crippen LogP contribution in [0, 0.1) is 0 Å². The van der Waals surface area contributed by atoms with Crippen LogP contribution in [0.5, 0.6) is 0 Å². The van der Waals surface area contributed by atoms with Crippen molar-refractivity contribution >= 4 is 28.9 Å². The first kappa shape index (κ1) is 17.9. The number of aromatic nitrogens is 1. The van der Waals surface area contributed by atoms with Crippen molar-refractivity contribution in [3.8, 4) is 5.69 Å². The molecule has 0 spiro atoms. The van der Waals surface area contributed by atoms with Gasteiger partial charge in [0.25, 0.3) is 5.91 Å². The van der Waals surface area contributed by atoms with E-state index < -0.39 is 5.97 Å². The second-order valence-electron chi connectivity index (χ2n) is 5.99. The van der Waals surface area contributed by atoms with Crippen LogP contribution in [0.2, 0.25) is 0 Å². The van der Waals surface area contributed by atoms with Crippen LogP contribution in [-0.4, -0.2) is 29.1 Å². The topological polar surface area (TPSA) is 51.5 Å². The minimum Gasteiger partial charge on any atom is -0.451 e. The van der Waals surface area contributed by atoms with Crippen LogP contribution < -0.4 is 4.90 Å². The lowest BCUT2D eigenvalue weighted by molar-refractivity contribution is -0.122. The lowest BCUT2D eigenvalue weighted by atomic mass is 10.2. The van der Waals surface area contributed by atoms with E-state index in [9.17, 15) is 9.59 Å². The van der Waals surface area contributed by atoms with E-state index in [1.165, 1.54) is 11.3 Å². The fourth-order valence-corrected chi connectivity index (χ4v) is 3.52. The number of esters is 1. The van der Waals surface area contributed by atoms with E-state index >= 15 is 0 Å². The zero-order chi connectivity index (χ0) is 18.5. The van der Waals surface area contributed by atoms with Crippen LogP contribution in [0.1, 0.15) is 23.5 Å². The molecule has 0 aliphatic heterocycles. The third-order valence-electron chi connectivity index (χ3n) is 3.86. The van der Waals surface area contributed by atoms with Crippen molar-refractivity contribution in [3.63, 3.8) is 0 Å². The highest BCUT2D eigenvalue weighted by Crippen LogP contribution is 2.23. The van der Waals surface area contributed by atoms with Crippen molar-refractivity contribution < 1.29 is 14.3 Å². The fourth-order valence-electron chi connectivity index (χ4n) is 2.73. The first-order chi connectivity index (χ1) is 12.6. The van der Waals surface area contributed by atoms with Crippen molar-refractivity contribution in [3.05, 3.63) is 71.2 Å². The lowest BCUT2D eigenvalue weighted by Crippen LogP contribution is -2.39. The molecule has 2 aromatic heterocycles. The van der Waals surface area contributed by atoms with Gasteiger partial charge < -0.3 is 14.2 Å². The zero-order valence-corrected chi connectivity index (χ0v) is 15.5. The average Bonchev–Trinajstić information content (AvgIpc) is 3.31. The van der Waals surface area contributed by atoms with E-state index in [1.54, 1.807) is 4.90 Å². The number of carbonyl (C=O) groups excluding carboxylic acids is 2. The molecular weight excluding hydrogens is 348 g/mol. The summed E-state index contributed by atoms with van der Waals surface area (Å²) in [5, 5.41) is 1.83. The Bertz CT molecular complexity index is 870. The molecule has 0 saturated carbocycles. The van der Waals surface area contributed by atoms with Crippen molar-refractivity contribution in [1.29, 1.82) is 0 Å². The first-order valence-electron chi connectivity index (χ1n) is 8.33. The summed E-state index contributed by atoms with van der Waals surface area (Å²) in [5.41, 5.74) is 1.54. The van der Waals surface area contributed by atoms with Crippen LogP contribution in [0.4, 0.5) is 5.69 Å². The molecule has 0 radical (unpaired) electrons. The molecule has 0 bridgehead atoms. The van der Waals surface area contributed by atoms with Gasteiger partial charge in [0.2, 0.25) is 0 Å². The minimum absolute atomic E-state index is 0.0409. The molecule has 3 rings (SSSR count). The summed E-state index contributed by atoms with van der Waals surface area (Å²) in [6, 6.07) is 15.0. The largest absolute Gasteiger partial charge is 0.451 e. The zero-order valence-electron chi connectivity index (χ0n) is 14.7. The van der Waals surface area contributed by atoms with E-state index in [-0.39, 0.29) is 18.6 Å². The highest BCUT2D eigenvalue weighted by atomic mass is 32.1. The molecule has 3 aromatic rings. The van der Waals surface area contributed by atoms with Crippen LogP contribution in [0.15, 0.2) is 66.3 Å². The monoisotopic (exact) mass is 368 g/mol. The van der Waals surface area contributed by atoms with Crippen LogP contribution in [0.25, 0.3) is 5.69 Å². The number of anilines is 1. The van der Waals surface area contributed by atoms with E-state index in [0.29, 0.717) is 4.88 Å². The Labute approximate surface area is 156 Å². The third-order valence-corrected chi connectivity index (χ3v) is 4.74. The van der Waals surface area contributed by atoms with E-state index in [4.69, 9.17) is 4.74 Å². The summed E-state index contributed by atoms with van der Waals surface area (Å²) in [7, 11) is 0. The van der Waals surface area contributed by atoms with Crippen molar-refractivity contribution in [2.45, 2.75) is 19.9 Å². The molecule has 0 aliphatic carbocycles. The molecule has 1 amide bonds. The van der Waals surface area contributed by atoms with Crippen LogP contribution >= 0.6 is 11.3 Å². The van der Waals surface area contributed by atoms with Gasteiger partial charge in [-0.3, -0.25) is 4.79 Å². The number of ether oxygens (including phenoxy) is 1. The van der Waals surface area contributed by atoms with Gasteiger partial charge in [-0.05, 0) is 49.6 Å². The van der Waals surface area contributed by atoms with Gasteiger partial charge in [-0.1, -0.05) is 18.2 Å². The highest BCUT2D eigenvalue weighted by molar-refractivity contribution is 7.12. The molecule has 6 heteroatoms. The maximum Gasteiger partial charge on any atom is 0.350 e. The lowest BCUT2D eigenvalue weighted by Gasteiger charge is -2.26. The number of rotatable bonds is 6. The first-order valence-corrected chi connectivity index (χ1v) is 9.21. The van der Waals surface area contributed by atoms with Gasteiger partial charge in [-0.15, -0.1) is 11.3 Å². The second kappa shape index (κ2) is 8.01. The molecule has 5 nitrogen and oxygen atoms in total. The predicted molar refractivity (Wildman–Crippen MR) is 103 cm³/mol. The number of para-hydroxylation sites is 1. The van der Waals surface area contributed by atoms with Gasteiger partial charge in [0.15, 0.2) is 6.61 Å². The number of nitrogens with zero attached hydrogens (tertiary/aromatic N) is 2. The Hall–Kier alpha value is -2.86. The number of thiophene rings is 1. The number of amides is 1. The van der Waals surface area contributed by atoms with Gasteiger partial charge in [0.1, 0.15) is 4.88 Å².